The summed E-state index contributed by atoms with van der Waals surface area (Å²) < 4.78 is 32.3. The van der Waals surface area contributed by atoms with Crippen LogP contribution in [0.15, 0.2) is 30.3 Å². The van der Waals surface area contributed by atoms with Gasteiger partial charge in [0, 0.05) is 18.2 Å². The number of rotatable bonds is 8. The summed E-state index contributed by atoms with van der Waals surface area (Å²) >= 11 is 0. The van der Waals surface area contributed by atoms with Gasteiger partial charge in [-0.2, -0.15) is 0 Å². The monoisotopic (exact) mass is 384 g/mol. The molecule has 0 N–H and O–H groups in total. The van der Waals surface area contributed by atoms with Gasteiger partial charge in [0.25, 0.3) is 0 Å². The van der Waals surface area contributed by atoms with Gasteiger partial charge in [-0.25, -0.2) is 0 Å². The molecule has 0 spiro atoms. The van der Waals surface area contributed by atoms with Crippen LogP contribution >= 0.6 is 0 Å². The quantitative estimate of drug-likeness (QED) is 0.513. The van der Waals surface area contributed by atoms with Crippen LogP contribution in [0, 0.1) is 11.8 Å². The van der Waals surface area contributed by atoms with E-state index in [0.29, 0.717) is 36.2 Å². The second-order valence-electron chi connectivity index (χ2n) is 6.09. The molecule has 2 aromatic rings. The van der Waals surface area contributed by atoms with Crippen molar-refractivity contribution in [3.63, 3.8) is 0 Å². The Morgan fingerprint density at radius 3 is 2.43 bits per heavy atom. The molecule has 0 bridgehead atoms. The van der Waals surface area contributed by atoms with Crippen molar-refractivity contribution in [2.24, 2.45) is 0 Å². The van der Waals surface area contributed by atoms with Crippen LogP contribution in [0.4, 0.5) is 0 Å². The highest BCUT2D eigenvalue weighted by molar-refractivity contribution is 5.55. The Morgan fingerprint density at radius 1 is 0.929 bits per heavy atom. The predicted octanol–water partition coefficient (Wildman–Crippen LogP) is 3.44. The summed E-state index contributed by atoms with van der Waals surface area (Å²) in [5, 5.41) is 0. The van der Waals surface area contributed by atoms with Crippen molar-refractivity contribution in [1.82, 2.24) is 0 Å². The van der Waals surface area contributed by atoms with Crippen LogP contribution in [0.1, 0.15) is 17.5 Å². The molecule has 0 aromatic heterocycles. The van der Waals surface area contributed by atoms with E-state index in [2.05, 4.69) is 11.8 Å². The first kappa shape index (κ1) is 19.7. The van der Waals surface area contributed by atoms with Crippen LogP contribution < -0.4 is 23.7 Å². The number of benzene rings is 2. The maximum Gasteiger partial charge on any atom is 0.231 e. The molecule has 0 amide bonds. The molecule has 0 saturated heterocycles. The Hall–Kier alpha value is -3.04. The van der Waals surface area contributed by atoms with E-state index in [-0.39, 0.29) is 6.79 Å². The predicted molar refractivity (Wildman–Crippen MR) is 105 cm³/mol. The number of fused-ring (bicyclic) bond motifs is 1. The van der Waals surface area contributed by atoms with Crippen molar-refractivity contribution >= 4 is 0 Å². The summed E-state index contributed by atoms with van der Waals surface area (Å²) in [4.78, 5) is 0. The van der Waals surface area contributed by atoms with Crippen LogP contribution in [-0.2, 0) is 11.2 Å². The molecule has 148 valence electrons. The van der Waals surface area contributed by atoms with Crippen LogP contribution in [0.2, 0.25) is 0 Å². The number of hydrogen-bond acceptors (Lipinski definition) is 6. The molecule has 3 rings (SSSR count). The van der Waals surface area contributed by atoms with Crippen LogP contribution in [0.25, 0.3) is 0 Å². The molecule has 6 nitrogen and oxygen atoms in total. The summed E-state index contributed by atoms with van der Waals surface area (Å²) in [7, 11) is 4.86. The highest BCUT2D eigenvalue weighted by atomic mass is 16.7. The number of methoxy groups -OCH3 is 3. The van der Waals surface area contributed by atoms with E-state index in [1.807, 2.05) is 30.3 Å². The lowest BCUT2D eigenvalue weighted by molar-refractivity contribution is 0.164. The van der Waals surface area contributed by atoms with E-state index in [4.69, 9.17) is 28.4 Å². The fraction of sp³-hybridized carbons (Fsp3) is 0.364. The molecule has 2 aromatic carbocycles. The molecule has 1 heterocycles. The third-order valence-electron chi connectivity index (χ3n) is 4.23. The second-order valence-corrected chi connectivity index (χ2v) is 6.09. The van der Waals surface area contributed by atoms with Crippen LogP contribution in [-0.4, -0.2) is 41.3 Å². The molecule has 0 unspecified atom stereocenters. The average molecular weight is 384 g/mol. The Labute approximate surface area is 165 Å². The Kier molecular flexibility index (Phi) is 6.88. The van der Waals surface area contributed by atoms with Gasteiger partial charge in [0.2, 0.25) is 12.5 Å². The van der Waals surface area contributed by atoms with E-state index < -0.39 is 0 Å². The van der Waals surface area contributed by atoms with Gasteiger partial charge in [0.15, 0.2) is 11.5 Å². The minimum Gasteiger partial charge on any atom is -0.497 e. The SMILES string of the molecule is COc1cc(C#CCOCCCc2cc(OC)c3c(c2)OCO3)cc(OC)c1. The molecule has 1 aliphatic rings. The summed E-state index contributed by atoms with van der Waals surface area (Å²) in [5.74, 6) is 9.61. The maximum atomic E-state index is 5.62. The maximum absolute atomic E-state index is 5.62. The fourth-order valence-corrected chi connectivity index (χ4v) is 2.85. The zero-order valence-electron chi connectivity index (χ0n) is 16.4. The van der Waals surface area contributed by atoms with Gasteiger partial charge in [0.05, 0.1) is 21.3 Å². The first-order chi connectivity index (χ1) is 13.7. The summed E-state index contributed by atoms with van der Waals surface area (Å²) in [5.41, 5.74) is 1.95. The largest absolute Gasteiger partial charge is 0.497 e. The second kappa shape index (κ2) is 9.77. The van der Waals surface area contributed by atoms with Crippen molar-refractivity contribution in [2.75, 3.05) is 41.3 Å². The van der Waals surface area contributed by atoms with Crippen molar-refractivity contribution < 1.29 is 28.4 Å². The van der Waals surface area contributed by atoms with E-state index in [1.165, 1.54) is 0 Å². The van der Waals surface area contributed by atoms with Crippen LogP contribution in [0.3, 0.4) is 0 Å². The highest BCUT2D eigenvalue weighted by Gasteiger charge is 2.19. The molecule has 0 atom stereocenters. The molecular formula is C22H24O6. The zero-order valence-corrected chi connectivity index (χ0v) is 16.4. The van der Waals surface area contributed by atoms with Gasteiger partial charge in [0.1, 0.15) is 18.1 Å². The van der Waals surface area contributed by atoms with E-state index in [9.17, 15) is 0 Å². The van der Waals surface area contributed by atoms with Gasteiger partial charge in [-0.3, -0.25) is 0 Å². The van der Waals surface area contributed by atoms with E-state index in [1.54, 1.807) is 21.3 Å². The van der Waals surface area contributed by atoms with E-state index in [0.717, 1.165) is 29.7 Å². The molecule has 6 heteroatoms. The molecule has 0 saturated carbocycles. The summed E-state index contributed by atoms with van der Waals surface area (Å²) in [6.45, 7) is 1.22. The van der Waals surface area contributed by atoms with Gasteiger partial charge in [-0.15, -0.1) is 0 Å². The lowest BCUT2D eigenvalue weighted by Crippen LogP contribution is -1.98. The molecule has 1 aliphatic heterocycles. The Bertz CT molecular complexity index is 843. The summed E-state index contributed by atoms with van der Waals surface area (Å²) in [6, 6.07) is 9.50. The lowest BCUT2D eigenvalue weighted by atomic mass is 10.1. The Balaban J connectivity index is 1.45. The van der Waals surface area contributed by atoms with E-state index >= 15 is 0 Å². The molecule has 0 radical (unpaired) electrons. The standard InChI is InChI=1S/C22H24O6/c1-23-18-10-16(11-19(14-18)24-2)6-4-8-26-9-5-7-17-12-20(25-3)22-21(13-17)27-15-28-22/h10-14H,5,7-9,15H2,1-3H3. The smallest absolute Gasteiger partial charge is 0.231 e. The third-order valence-corrected chi connectivity index (χ3v) is 4.23. The minimum absolute atomic E-state index is 0.232. The number of hydrogen-bond donors (Lipinski definition) is 0. The normalized spacial score (nSPS) is 11.5. The fourth-order valence-electron chi connectivity index (χ4n) is 2.85. The number of aryl methyl sites for hydroxylation is 1. The lowest BCUT2D eigenvalue weighted by Gasteiger charge is -2.08. The van der Waals surface area contributed by atoms with Crippen LogP contribution in [0.5, 0.6) is 28.7 Å². The topological polar surface area (TPSA) is 55.4 Å². The molecular weight excluding hydrogens is 360 g/mol. The third kappa shape index (κ3) is 5.02. The van der Waals surface area contributed by atoms with Gasteiger partial charge >= 0.3 is 0 Å². The summed E-state index contributed by atoms with van der Waals surface area (Å²) in [6.07, 6.45) is 1.73. The van der Waals surface area contributed by atoms with Gasteiger partial charge in [-0.1, -0.05) is 11.8 Å². The zero-order chi connectivity index (χ0) is 19.8. The van der Waals surface area contributed by atoms with Crippen molar-refractivity contribution in [2.45, 2.75) is 12.8 Å². The van der Waals surface area contributed by atoms with Gasteiger partial charge < -0.3 is 28.4 Å². The molecule has 28 heavy (non-hydrogen) atoms. The minimum atomic E-state index is 0.232. The highest BCUT2D eigenvalue weighted by Crippen LogP contribution is 2.42. The van der Waals surface area contributed by atoms with Gasteiger partial charge in [-0.05, 0) is 42.7 Å². The average Bonchev–Trinajstić information content (AvgIpc) is 3.20. The van der Waals surface area contributed by atoms with Crippen molar-refractivity contribution in [1.29, 1.82) is 0 Å². The Morgan fingerprint density at radius 2 is 1.71 bits per heavy atom. The molecule has 0 aliphatic carbocycles. The van der Waals surface area contributed by atoms with Crippen molar-refractivity contribution in [3.05, 3.63) is 41.5 Å². The number of ether oxygens (including phenoxy) is 6. The van der Waals surface area contributed by atoms with Crippen molar-refractivity contribution in [3.8, 4) is 40.6 Å². The molecule has 0 fully saturated rings. The first-order valence-electron chi connectivity index (χ1n) is 8.99. The first-order valence-corrected chi connectivity index (χ1v) is 8.99.